The van der Waals surface area contributed by atoms with Gasteiger partial charge in [0.25, 0.3) is 5.91 Å². The SMILES string of the molecule is C/C(=C\C(=O)Nc1nccs1)C(=O)O. The molecule has 0 radical (unpaired) electrons. The number of nitrogens with zero attached hydrogens (tertiary/aromatic N) is 1. The van der Waals surface area contributed by atoms with Gasteiger partial charge < -0.3 is 5.11 Å². The molecule has 0 aliphatic carbocycles. The standard InChI is InChI=1S/C8H8N2O3S/c1-5(7(12)13)4-6(11)10-8-9-2-3-14-8/h2-4H,1H3,(H,12,13)(H,9,10,11)/b5-4+. The van der Waals surface area contributed by atoms with Gasteiger partial charge in [-0.25, -0.2) is 9.78 Å². The maximum absolute atomic E-state index is 11.1. The maximum atomic E-state index is 11.1. The molecular weight excluding hydrogens is 204 g/mol. The van der Waals surface area contributed by atoms with E-state index in [9.17, 15) is 9.59 Å². The molecule has 1 aromatic heterocycles. The Morgan fingerprint density at radius 1 is 1.64 bits per heavy atom. The molecule has 0 bridgehead atoms. The third kappa shape index (κ3) is 2.98. The quantitative estimate of drug-likeness (QED) is 0.735. The molecule has 1 heterocycles. The summed E-state index contributed by atoms with van der Waals surface area (Å²) < 4.78 is 0. The number of hydrogen-bond donors (Lipinski definition) is 2. The van der Waals surface area contributed by atoms with E-state index >= 15 is 0 Å². The molecular formula is C8H8N2O3S. The summed E-state index contributed by atoms with van der Waals surface area (Å²) in [7, 11) is 0. The van der Waals surface area contributed by atoms with Gasteiger partial charge in [-0.05, 0) is 6.92 Å². The highest BCUT2D eigenvalue weighted by molar-refractivity contribution is 7.13. The fourth-order valence-corrected chi connectivity index (χ4v) is 1.22. The van der Waals surface area contributed by atoms with Crippen molar-refractivity contribution in [3.63, 3.8) is 0 Å². The molecule has 0 saturated heterocycles. The molecule has 1 aromatic rings. The zero-order valence-electron chi connectivity index (χ0n) is 7.35. The average molecular weight is 212 g/mol. The monoisotopic (exact) mass is 212 g/mol. The van der Waals surface area contributed by atoms with Crippen LogP contribution in [0.3, 0.4) is 0 Å². The molecule has 0 aliphatic heterocycles. The first-order chi connectivity index (χ1) is 6.59. The number of carbonyl (C=O) groups excluding carboxylic acids is 1. The van der Waals surface area contributed by atoms with Gasteiger partial charge in [0.2, 0.25) is 0 Å². The van der Waals surface area contributed by atoms with E-state index in [-0.39, 0.29) is 5.57 Å². The Hall–Kier alpha value is -1.69. The summed E-state index contributed by atoms with van der Waals surface area (Å²) in [6, 6.07) is 0. The summed E-state index contributed by atoms with van der Waals surface area (Å²) in [4.78, 5) is 25.3. The smallest absolute Gasteiger partial charge is 0.331 e. The summed E-state index contributed by atoms with van der Waals surface area (Å²) >= 11 is 1.27. The average Bonchev–Trinajstić information content (AvgIpc) is 2.56. The number of hydrogen-bond acceptors (Lipinski definition) is 4. The van der Waals surface area contributed by atoms with Crippen molar-refractivity contribution < 1.29 is 14.7 Å². The van der Waals surface area contributed by atoms with Crippen molar-refractivity contribution in [2.24, 2.45) is 0 Å². The highest BCUT2D eigenvalue weighted by Gasteiger charge is 2.05. The van der Waals surface area contributed by atoms with Crippen LogP contribution in [0.4, 0.5) is 5.13 Å². The Balaban J connectivity index is 2.60. The summed E-state index contributed by atoms with van der Waals surface area (Å²) in [5.74, 6) is -1.60. The molecule has 5 nitrogen and oxygen atoms in total. The van der Waals surface area contributed by atoms with E-state index in [1.54, 1.807) is 11.6 Å². The van der Waals surface area contributed by atoms with Gasteiger partial charge in [0.05, 0.1) is 0 Å². The third-order valence-corrected chi connectivity index (χ3v) is 2.04. The van der Waals surface area contributed by atoms with Gasteiger partial charge in [0.15, 0.2) is 5.13 Å². The van der Waals surface area contributed by atoms with Crippen LogP contribution in [-0.2, 0) is 9.59 Å². The molecule has 0 atom stereocenters. The van der Waals surface area contributed by atoms with E-state index < -0.39 is 11.9 Å². The minimum Gasteiger partial charge on any atom is -0.478 e. The molecule has 74 valence electrons. The zero-order valence-corrected chi connectivity index (χ0v) is 8.17. The van der Waals surface area contributed by atoms with Crippen LogP contribution in [0, 0.1) is 0 Å². The topological polar surface area (TPSA) is 79.3 Å². The summed E-state index contributed by atoms with van der Waals surface area (Å²) in [6.45, 7) is 1.35. The van der Waals surface area contributed by atoms with Crippen LogP contribution in [-0.4, -0.2) is 22.0 Å². The Labute approximate surface area is 84.1 Å². The first-order valence-electron chi connectivity index (χ1n) is 3.71. The molecule has 0 aliphatic rings. The highest BCUT2D eigenvalue weighted by Crippen LogP contribution is 2.10. The van der Waals surface area contributed by atoms with Crippen LogP contribution in [0.5, 0.6) is 0 Å². The summed E-state index contributed by atoms with van der Waals surface area (Å²) in [5.41, 5.74) is -0.0148. The Kier molecular flexibility index (Phi) is 3.35. The van der Waals surface area contributed by atoms with E-state index in [1.165, 1.54) is 18.3 Å². The molecule has 0 unspecified atom stereocenters. The van der Waals surface area contributed by atoms with Gasteiger partial charge in [-0.2, -0.15) is 0 Å². The van der Waals surface area contributed by atoms with Crippen molar-refractivity contribution in [2.75, 3.05) is 5.32 Å². The largest absolute Gasteiger partial charge is 0.478 e. The van der Waals surface area contributed by atoms with Crippen LogP contribution in [0.2, 0.25) is 0 Å². The Morgan fingerprint density at radius 3 is 2.86 bits per heavy atom. The summed E-state index contributed by atoms with van der Waals surface area (Å²) in [5, 5.41) is 13.1. The third-order valence-electron chi connectivity index (χ3n) is 1.35. The molecule has 1 amide bonds. The van der Waals surface area contributed by atoms with Gasteiger partial charge >= 0.3 is 5.97 Å². The predicted molar refractivity (Wildman–Crippen MR) is 52.1 cm³/mol. The molecule has 14 heavy (non-hydrogen) atoms. The van der Waals surface area contributed by atoms with E-state index in [2.05, 4.69) is 10.3 Å². The van der Waals surface area contributed by atoms with Gasteiger partial charge in [-0.15, -0.1) is 11.3 Å². The van der Waals surface area contributed by atoms with E-state index in [4.69, 9.17) is 5.11 Å². The maximum Gasteiger partial charge on any atom is 0.331 e. The summed E-state index contributed by atoms with van der Waals surface area (Å²) in [6.07, 6.45) is 2.57. The second-order valence-corrected chi connectivity index (χ2v) is 3.35. The second kappa shape index (κ2) is 4.52. The number of aromatic nitrogens is 1. The molecule has 6 heteroatoms. The number of amides is 1. The Morgan fingerprint density at radius 2 is 2.36 bits per heavy atom. The molecule has 1 rings (SSSR count). The van der Waals surface area contributed by atoms with Crippen molar-refractivity contribution >= 4 is 28.3 Å². The van der Waals surface area contributed by atoms with E-state index in [0.717, 1.165) is 6.08 Å². The van der Waals surface area contributed by atoms with Gasteiger partial charge in [0.1, 0.15) is 0 Å². The first kappa shape index (κ1) is 10.4. The van der Waals surface area contributed by atoms with Crippen molar-refractivity contribution in [3.05, 3.63) is 23.2 Å². The van der Waals surface area contributed by atoms with Crippen LogP contribution >= 0.6 is 11.3 Å². The zero-order chi connectivity index (χ0) is 10.6. The molecule has 0 fully saturated rings. The van der Waals surface area contributed by atoms with Crippen LogP contribution in [0.15, 0.2) is 23.2 Å². The lowest BCUT2D eigenvalue weighted by molar-refractivity contribution is -0.132. The number of nitrogens with one attached hydrogen (secondary N) is 1. The fraction of sp³-hybridized carbons (Fsp3) is 0.125. The Bertz CT molecular complexity index is 370. The lowest BCUT2D eigenvalue weighted by atomic mass is 10.3. The van der Waals surface area contributed by atoms with Crippen LogP contribution < -0.4 is 5.32 Å². The number of carboxylic acids is 1. The van der Waals surface area contributed by atoms with E-state index in [1.807, 2.05) is 0 Å². The lowest BCUT2D eigenvalue weighted by Crippen LogP contribution is -2.10. The van der Waals surface area contributed by atoms with Crippen LogP contribution in [0.25, 0.3) is 0 Å². The minimum atomic E-state index is -1.11. The van der Waals surface area contributed by atoms with Crippen molar-refractivity contribution in [1.82, 2.24) is 4.98 Å². The second-order valence-electron chi connectivity index (χ2n) is 2.46. The normalized spacial score (nSPS) is 11.1. The first-order valence-corrected chi connectivity index (χ1v) is 4.59. The van der Waals surface area contributed by atoms with Gasteiger partial charge in [-0.3, -0.25) is 10.1 Å². The van der Waals surface area contributed by atoms with Crippen LogP contribution in [0.1, 0.15) is 6.92 Å². The number of carboxylic acid groups (broad SMARTS) is 1. The van der Waals surface area contributed by atoms with Crippen molar-refractivity contribution in [2.45, 2.75) is 6.92 Å². The van der Waals surface area contributed by atoms with Gasteiger partial charge in [0, 0.05) is 23.2 Å². The van der Waals surface area contributed by atoms with Crippen molar-refractivity contribution in [3.8, 4) is 0 Å². The molecule has 0 saturated carbocycles. The number of thiazole rings is 1. The lowest BCUT2D eigenvalue weighted by Gasteiger charge is -1.96. The number of anilines is 1. The molecule has 0 aromatic carbocycles. The highest BCUT2D eigenvalue weighted by atomic mass is 32.1. The number of carbonyl (C=O) groups is 2. The fourth-order valence-electron chi connectivity index (χ4n) is 0.685. The molecule has 0 spiro atoms. The number of rotatable bonds is 3. The predicted octanol–water partition coefficient (Wildman–Crippen LogP) is 1.11. The van der Waals surface area contributed by atoms with Crippen molar-refractivity contribution in [1.29, 1.82) is 0 Å². The van der Waals surface area contributed by atoms with E-state index in [0.29, 0.717) is 5.13 Å². The minimum absolute atomic E-state index is 0.0148. The molecule has 2 N–H and O–H groups in total. The number of aliphatic carboxylic acids is 1. The van der Waals surface area contributed by atoms with Gasteiger partial charge in [-0.1, -0.05) is 0 Å².